The van der Waals surface area contributed by atoms with Gasteiger partial charge in [0.25, 0.3) is 0 Å². The third kappa shape index (κ3) is 3.30. The normalized spacial score (nSPS) is 10.6. The van der Waals surface area contributed by atoms with Crippen LogP contribution in [0, 0.1) is 6.92 Å². The minimum absolute atomic E-state index is 0.0956. The quantitative estimate of drug-likeness (QED) is 0.833. The summed E-state index contributed by atoms with van der Waals surface area (Å²) in [6.07, 6.45) is 2.37. The van der Waals surface area contributed by atoms with Gasteiger partial charge in [-0.15, -0.1) is 5.10 Å². The van der Waals surface area contributed by atoms with Gasteiger partial charge >= 0.3 is 0 Å². The van der Waals surface area contributed by atoms with Crippen LogP contribution in [0.1, 0.15) is 11.3 Å². The third-order valence-electron chi connectivity index (χ3n) is 2.63. The number of ether oxygens (including phenoxy) is 1. The number of aliphatic hydroxyl groups is 1. The van der Waals surface area contributed by atoms with E-state index in [1.165, 1.54) is 0 Å². The molecule has 5 nitrogen and oxygen atoms in total. The maximum absolute atomic E-state index is 8.78. The molecule has 5 heteroatoms. The number of rotatable bonds is 6. The highest BCUT2D eigenvalue weighted by Gasteiger charge is 2.01. The molecule has 0 bridgehead atoms. The first-order valence-corrected chi connectivity index (χ1v) is 5.98. The lowest BCUT2D eigenvalue weighted by Crippen LogP contribution is -2.09. The molecule has 0 spiro atoms. The molecule has 0 aliphatic carbocycles. The zero-order chi connectivity index (χ0) is 12.8. The summed E-state index contributed by atoms with van der Waals surface area (Å²) in [4.78, 5) is 0. The number of aryl methyl sites for hydroxylation is 1. The molecule has 0 saturated carbocycles. The van der Waals surface area contributed by atoms with Crippen LogP contribution in [0.15, 0.2) is 30.5 Å². The Kier molecular flexibility index (Phi) is 4.30. The third-order valence-corrected chi connectivity index (χ3v) is 2.63. The number of hydrogen-bond acceptors (Lipinski definition) is 4. The van der Waals surface area contributed by atoms with E-state index in [0.717, 1.165) is 17.0 Å². The zero-order valence-corrected chi connectivity index (χ0v) is 10.4. The Morgan fingerprint density at radius 1 is 1.33 bits per heavy atom. The number of para-hydroxylation sites is 1. The monoisotopic (exact) mass is 247 g/mol. The Bertz CT molecular complexity index is 496. The molecule has 0 unspecified atom stereocenters. The van der Waals surface area contributed by atoms with Crippen LogP contribution in [-0.4, -0.2) is 33.3 Å². The van der Waals surface area contributed by atoms with E-state index < -0.39 is 0 Å². The van der Waals surface area contributed by atoms with Gasteiger partial charge in [-0.3, -0.25) is 0 Å². The average Bonchev–Trinajstić information content (AvgIpc) is 2.80. The molecule has 1 N–H and O–H groups in total. The summed E-state index contributed by atoms with van der Waals surface area (Å²) < 4.78 is 7.40. The molecule has 0 aliphatic rings. The molecule has 0 saturated heterocycles. The van der Waals surface area contributed by atoms with Crippen LogP contribution < -0.4 is 4.74 Å². The van der Waals surface area contributed by atoms with E-state index >= 15 is 0 Å². The molecule has 0 aliphatic heterocycles. The lowest BCUT2D eigenvalue weighted by atomic mass is 10.2. The predicted molar refractivity (Wildman–Crippen MR) is 67.5 cm³/mol. The highest BCUT2D eigenvalue weighted by Crippen LogP contribution is 2.15. The molecular weight excluding hydrogens is 230 g/mol. The fourth-order valence-corrected chi connectivity index (χ4v) is 1.64. The summed E-state index contributed by atoms with van der Waals surface area (Å²) in [6.45, 7) is 3.31. The van der Waals surface area contributed by atoms with Gasteiger partial charge in [-0.05, 0) is 18.6 Å². The van der Waals surface area contributed by atoms with Gasteiger partial charge in [-0.2, -0.15) is 0 Å². The number of benzene rings is 1. The van der Waals surface area contributed by atoms with Crippen LogP contribution >= 0.6 is 0 Å². The topological polar surface area (TPSA) is 60.2 Å². The largest absolute Gasteiger partial charge is 0.491 e. The van der Waals surface area contributed by atoms with Crippen molar-refractivity contribution in [1.82, 2.24) is 15.0 Å². The molecule has 1 aromatic heterocycles. The van der Waals surface area contributed by atoms with Gasteiger partial charge in [0, 0.05) is 19.2 Å². The zero-order valence-electron chi connectivity index (χ0n) is 10.4. The van der Waals surface area contributed by atoms with E-state index in [1.54, 1.807) is 4.68 Å². The summed E-state index contributed by atoms with van der Waals surface area (Å²) in [5, 5.41) is 16.7. The van der Waals surface area contributed by atoms with E-state index in [0.29, 0.717) is 19.6 Å². The van der Waals surface area contributed by atoms with Crippen molar-refractivity contribution in [3.8, 4) is 5.75 Å². The molecule has 0 radical (unpaired) electrons. The molecule has 2 rings (SSSR count). The molecule has 0 atom stereocenters. The Hall–Kier alpha value is -1.88. The van der Waals surface area contributed by atoms with Gasteiger partial charge in [0.2, 0.25) is 0 Å². The SMILES string of the molecule is Cc1ccccc1OCCn1cc(CCO)nn1. The van der Waals surface area contributed by atoms with Gasteiger partial charge in [0.05, 0.1) is 12.2 Å². The number of nitrogens with zero attached hydrogens (tertiary/aromatic N) is 3. The second-order valence-corrected chi connectivity index (χ2v) is 4.06. The highest BCUT2D eigenvalue weighted by molar-refractivity contribution is 5.31. The van der Waals surface area contributed by atoms with Gasteiger partial charge in [-0.1, -0.05) is 23.4 Å². The standard InChI is InChI=1S/C13H17N3O2/c1-11-4-2-3-5-13(11)18-9-7-16-10-12(6-8-17)14-15-16/h2-5,10,17H,6-9H2,1H3. The van der Waals surface area contributed by atoms with Crippen molar-refractivity contribution < 1.29 is 9.84 Å². The first kappa shape index (κ1) is 12.6. The van der Waals surface area contributed by atoms with Gasteiger partial charge in [-0.25, -0.2) is 4.68 Å². The van der Waals surface area contributed by atoms with Crippen LogP contribution in [0.3, 0.4) is 0 Å². The van der Waals surface area contributed by atoms with Crippen molar-refractivity contribution in [3.63, 3.8) is 0 Å². The van der Waals surface area contributed by atoms with Crippen LogP contribution in [0.2, 0.25) is 0 Å². The summed E-state index contributed by atoms with van der Waals surface area (Å²) in [7, 11) is 0. The number of hydrogen-bond donors (Lipinski definition) is 1. The Balaban J connectivity index is 1.83. The van der Waals surface area contributed by atoms with Gasteiger partial charge < -0.3 is 9.84 Å². The summed E-state index contributed by atoms with van der Waals surface area (Å²) in [5.74, 6) is 0.896. The minimum atomic E-state index is 0.0956. The first-order valence-electron chi connectivity index (χ1n) is 5.98. The fourth-order valence-electron chi connectivity index (χ4n) is 1.64. The molecule has 1 aromatic carbocycles. The molecule has 0 amide bonds. The Morgan fingerprint density at radius 2 is 2.17 bits per heavy atom. The molecule has 0 fully saturated rings. The smallest absolute Gasteiger partial charge is 0.122 e. The minimum Gasteiger partial charge on any atom is -0.491 e. The average molecular weight is 247 g/mol. The maximum Gasteiger partial charge on any atom is 0.122 e. The molecule has 18 heavy (non-hydrogen) atoms. The van der Waals surface area contributed by atoms with E-state index in [2.05, 4.69) is 10.3 Å². The first-order chi connectivity index (χ1) is 8.79. The van der Waals surface area contributed by atoms with E-state index in [4.69, 9.17) is 9.84 Å². The molecule has 96 valence electrons. The Labute approximate surface area is 106 Å². The summed E-state index contributed by atoms with van der Waals surface area (Å²) in [5.41, 5.74) is 1.92. The molecule has 2 aromatic rings. The van der Waals surface area contributed by atoms with E-state index in [-0.39, 0.29) is 6.61 Å². The predicted octanol–water partition coefficient (Wildman–Crippen LogP) is 1.20. The lowest BCUT2D eigenvalue weighted by molar-refractivity contribution is 0.288. The van der Waals surface area contributed by atoms with Crippen molar-refractivity contribution >= 4 is 0 Å². The van der Waals surface area contributed by atoms with Crippen molar-refractivity contribution in [3.05, 3.63) is 41.7 Å². The van der Waals surface area contributed by atoms with Crippen LogP contribution in [0.25, 0.3) is 0 Å². The van der Waals surface area contributed by atoms with Gasteiger partial charge in [0.1, 0.15) is 12.4 Å². The number of aliphatic hydroxyl groups excluding tert-OH is 1. The van der Waals surface area contributed by atoms with E-state index in [1.807, 2.05) is 37.4 Å². The lowest BCUT2D eigenvalue weighted by Gasteiger charge is -2.08. The highest BCUT2D eigenvalue weighted by atomic mass is 16.5. The van der Waals surface area contributed by atoms with Crippen LogP contribution in [0.5, 0.6) is 5.75 Å². The second-order valence-electron chi connectivity index (χ2n) is 4.06. The van der Waals surface area contributed by atoms with Crippen molar-refractivity contribution in [2.75, 3.05) is 13.2 Å². The van der Waals surface area contributed by atoms with Gasteiger partial charge in [0.15, 0.2) is 0 Å². The number of aromatic nitrogens is 3. The summed E-state index contributed by atoms with van der Waals surface area (Å²) >= 11 is 0. The fraction of sp³-hybridized carbons (Fsp3) is 0.385. The maximum atomic E-state index is 8.78. The summed E-state index contributed by atoms with van der Waals surface area (Å²) in [6, 6.07) is 7.91. The van der Waals surface area contributed by atoms with Crippen LogP contribution in [-0.2, 0) is 13.0 Å². The second kappa shape index (κ2) is 6.16. The molecular formula is C13H17N3O2. The Morgan fingerprint density at radius 3 is 2.94 bits per heavy atom. The molecule has 1 heterocycles. The van der Waals surface area contributed by atoms with Crippen molar-refractivity contribution in [2.24, 2.45) is 0 Å². The van der Waals surface area contributed by atoms with Crippen molar-refractivity contribution in [1.29, 1.82) is 0 Å². The van der Waals surface area contributed by atoms with E-state index in [9.17, 15) is 0 Å². The van der Waals surface area contributed by atoms with Crippen molar-refractivity contribution in [2.45, 2.75) is 19.9 Å². The van der Waals surface area contributed by atoms with Crippen LogP contribution in [0.4, 0.5) is 0 Å².